The zero-order valence-electron chi connectivity index (χ0n) is 21.6. The summed E-state index contributed by atoms with van der Waals surface area (Å²) >= 11 is 0. The highest BCUT2D eigenvalue weighted by Crippen LogP contribution is 2.53. The molecule has 8 rings (SSSR count). The van der Waals surface area contributed by atoms with E-state index in [1.807, 2.05) is 0 Å². The Kier molecular flexibility index (Phi) is 4.48. The van der Waals surface area contributed by atoms with E-state index in [4.69, 9.17) is 0 Å². The predicted molar refractivity (Wildman–Crippen MR) is 157 cm³/mol. The Hall–Kier alpha value is -4.34. The molecular formula is C35H29N3. The van der Waals surface area contributed by atoms with E-state index in [1.54, 1.807) is 0 Å². The lowest BCUT2D eigenvalue weighted by atomic mass is 9.82. The van der Waals surface area contributed by atoms with Crippen LogP contribution in [0.4, 0.5) is 0 Å². The quantitative estimate of drug-likeness (QED) is 0.270. The third-order valence-electron chi connectivity index (χ3n) is 8.66. The maximum atomic E-state index is 3.89. The van der Waals surface area contributed by atoms with Gasteiger partial charge in [-0.1, -0.05) is 129 Å². The zero-order valence-corrected chi connectivity index (χ0v) is 21.6. The number of aromatic nitrogens is 1. The Morgan fingerprint density at radius 2 is 1.18 bits per heavy atom. The van der Waals surface area contributed by atoms with Crippen molar-refractivity contribution in [3.63, 3.8) is 0 Å². The van der Waals surface area contributed by atoms with Gasteiger partial charge in [-0.25, -0.2) is 0 Å². The monoisotopic (exact) mass is 491 g/mol. The fourth-order valence-electron chi connectivity index (χ4n) is 6.83. The molecule has 3 nitrogen and oxygen atoms in total. The summed E-state index contributed by atoms with van der Waals surface area (Å²) in [5, 5.41) is 9.03. The molecule has 0 bridgehead atoms. The number of nitrogens with zero attached hydrogens (tertiary/aromatic N) is 2. The lowest BCUT2D eigenvalue weighted by Crippen LogP contribution is -2.62. The van der Waals surface area contributed by atoms with Crippen LogP contribution in [0, 0.1) is 0 Å². The molecule has 0 saturated carbocycles. The summed E-state index contributed by atoms with van der Waals surface area (Å²) in [6.45, 7) is 4.72. The Morgan fingerprint density at radius 3 is 1.89 bits per heavy atom. The molecule has 2 aliphatic rings. The van der Waals surface area contributed by atoms with Crippen molar-refractivity contribution in [3.05, 3.63) is 144 Å². The van der Waals surface area contributed by atoms with E-state index < -0.39 is 0 Å². The summed E-state index contributed by atoms with van der Waals surface area (Å²) in [7, 11) is 0. The number of fused-ring (bicyclic) bond motifs is 7. The van der Waals surface area contributed by atoms with Gasteiger partial charge in [0.15, 0.2) is 0 Å². The predicted octanol–water partition coefficient (Wildman–Crippen LogP) is 8.04. The molecule has 0 amide bonds. The van der Waals surface area contributed by atoms with Gasteiger partial charge < -0.3 is 0 Å². The number of hydrogen-bond donors (Lipinski definition) is 1. The van der Waals surface area contributed by atoms with E-state index in [1.165, 1.54) is 55.2 Å². The molecule has 184 valence electrons. The average Bonchev–Trinajstić information content (AvgIpc) is 3.39. The van der Waals surface area contributed by atoms with E-state index in [2.05, 4.69) is 150 Å². The Bertz CT molecular complexity index is 1790. The van der Waals surface area contributed by atoms with Gasteiger partial charge in [-0.05, 0) is 33.9 Å². The van der Waals surface area contributed by atoms with Crippen molar-refractivity contribution >= 4 is 21.8 Å². The summed E-state index contributed by atoms with van der Waals surface area (Å²) < 4.78 is 2.52. The highest BCUT2D eigenvalue weighted by molar-refractivity contribution is 6.15. The normalized spacial score (nSPS) is 19.4. The number of benzene rings is 5. The second-order valence-corrected chi connectivity index (χ2v) is 11.1. The fourth-order valence-corrected chi connectivity index (χ4v) is 6.83. The largest absolute Gasteiger partial charge is 0.269 e. The van der Waals surface area contributed by atoms with Crippen LogP contribution >= 0.6 is 0 Å². The first-order chi connectivity index (χ1) is 18.6. The van der Waals surface area contributed by atoms with E-state index in [0.29, 0.717) is 0 Å². The minimum absolute atomic E-state index is 0.0493. The van der Waals surface area contributed by atoms with Gasteiger partial charge >= 0.3 is 0 Å². The summed E-state index contributed by atoms with van der Waals surface area (Å²) in [5.41, 5.74) is 10.5. The molecule has 1 saturated heterocycles. The molecule has 6 aromatic rings. The van der Waals surface area contributed by atoms with E-state index >= 15 is 0 Å². The van der Waals surface area contributed by atoms with E-state index in [-0.39, 0.29) is 17.7 Å². The molecule has 2 unspecified atom stereocenters. The van der Waals surface area contributed by atoms with Crippen molar-refractivity contribution in [2.45, 2.75) is 31.6 Å². The summed E-state index contributed by atoms with van der Waals surface area (Å²) in [5.74, 6) is 0. The molecule has 2 atom stereocenters. The SMILES string of the molecule is CC1(C)c2ccccc2-c2c1ccc1c3ccccc3n(N3C(c4ccccc4)NC3c3ccccc3)c21. The van der Waals surface area contributed by atoms with Crippen LogP contribution in [-0.2, 0) is 5.41 Å². The van der Waals surface area contributed by atoms with Gasteiger partial charge in [-0.15, -0.1) is 0 Å². The lowest BCUT2D eigenvalue weighted by Gasteiger charge is -2.52. The number of nitrogens with one attached hydrogen (secondary N) is 1. The summed E-state index contributed by atoms with van der Waals surface area (Å²) in [6, 6.07) is 44.2. The molecule has 5 aromatic carbocycles. The van der Waals surface area contributed by atoms with Gasteiger partial charge in [-0.2, -0.15) is 0 Å². The van der Waals surface area contributed by atoms with Gasteiger partial charge in [0.25, 0.3) is 0 Å². The van der Waals surface area contributed by atoms with Crippen molar-refractivity contribution in [2.24, 2.45) is 0 Å². The maximum absolute atomic E-state index is 3.89. The zero-order chi connectivity index (χ0) is 25.4. The van der Waals surface area contributed by atoms with Crippen molar-refractivity contribution in [2.75, 3.05) is 5.01 Å². The topological polar surface area (TPSA) is 20.2 Å². The number of para-hydroxylation sites is 1. The third kappa shape index (κ3) is 2.82. The van der Waals surface area contributed by atoms with Gasteiger partial charge in [0, 0.05) is 21.8 Å². The molecule has 38 heavy (non-hydrogen) atoms. The molecule has 0 spiro atoms. The molecule has 1 N–H and O–H groups in total. The molecule has 1 aliphatic carbocycles. The van der Waals surface area contributed by atoms with Gasteiger partial charge in [0.05, 0.1) is 11.0 Å². The number of rotatable bonds is 3. The van der Waals surface area contributed by atoms with Crippen LogP contribution in [0.1, 0.15) is 48.4 Å². The van der Waals surface area contributed by atoms with E-state index in [9.17, 15) is 0 Å². The fraction of sp³-hybridized carbons (Fsp3) is 0.143. The van der Waals surface area contributed by atoms with Crippen LogP contribution in [0.3, 0.4) is 0 Å². The van der Waals surface area contributed by atoms with Crippen LogP contribution < -0.4 is 10.3 Å². The van der Waals surface area contributed by atoms with Crippen LogP contribution in [0.15, 0.2) is 121 Å². The minimum Gasteiger partial charge on any atom is -0.269 e. The molecule has 2 heterocycles. The molecule has 1 aliphatic heterocycles. The molecule has 3 heteroatoms. The van der Waals surface area contributed by atoms with E-state index in [0.717, 1.165) is 0 Å². The minimum atomic E-state index is -0.0493. The molecule has 1 aromatic heterocycles. The highest BCUT2D eigenvalue weighted by atomic mass is 15.7. The van der Waals surface area contributed by atoms with Crippen LogP contribution in [-0.4, -0.2) is 4.68 Å². The van der Waals surface area contributed by atoms with Crippen LogP contribution in [0.25, 0.3) is 32.9 Å². The standard InChI is InChI=1S/C35H29N3/c1-35(2)28-19-11-9-18-27(28)31-29(35)22-21-26-25-17-10-12-20-30(25)37(32(26)31)38-33(23-13-5-3-6-14-23)36-34(38)24-15-7-4-8-16-24/h3-22,33-34,36H,1-2H3. The molecule has 1 fully saturated rings. The third-order valence-corrected chi connectivity index (χ3v) is 8.66. The van der Waals surface area contributed by atoms with Crippen LogP contribution in [0.2, 0.25) is 0 Å². The first kappa shape index (κ1) is 21.7. The van der Waals surface area contributed by atoms with Crippen molar-refractivity contribution in [3.8, 4) is 11.1 Å². The maximum Gasteiger partial charge on any atom is 0.125 e. The van der Waals surface area contributed by atoms with Crippen molar-refractivity contribution in [1.82, 2.24) is 9.99 Å². The summed E-state index contributed by atoms with van der Waals surface area (Å²) in [6.07, 6.45) is 0.113. The smallest absolute Gasteiger partial charge is 0.125 e. The summed E-state index contributed by atoms with van der Waals surface area (Å²) in [4.78, 5) is 0. The second kappa shape index (κ2) is 7.83. The molecule has 0 radical (unpaired) electrons. The van der Waals surface area contributed by atoms with Gasteiger partial charge in [0.1, 0.15) is 12.3 Å². The second-order valence-electron chi connectivity index (χ2n) is 11.1. The molecular weight excluding hydrogens is 462 g/mol. The van der Waals surface area contributed by atoms with Crippen molar-refractivity contribution in [1.29, 1.82) is 0 Å². The number of hydrogen-bond acceptors (Lipinski definition) is 2. The highest BCUT2D eigenvalue weighted by Gasteiger charge is 2.43. The van der Waals surface area contributed by atoms with Crippen LogP contribution in [0.5, 0.6) is 0 Å². The first-order valence-corrected chi connectivity index (χ1v) is 13.5. The van der Waals surface area contributed by atoms with Gasteiger partial charge in [-0.3, -0.25) is 15.0 Å². The average molecular weight is 492 g/mol. The Labute approximate surface area is 222 Å². The van der Waals surface area contributed by atoms with Crippen molar-refractivity contribution < 1.29 is 0 Å². The Morgan fingerprint density at radius 1 is 0.579 bits per heavy atom. The lowest BCUT2D eigenvalue weighted by molar-refractivity contribution is 0.211. The Balaban J connectivity index is 1.48. The van der Waals surface area contributed by atoms with Gasteiger partial charge in [0.2, 0.25) is 0 Å². The first-order valence-electron chi connectivity index (χ1n) is 13.5.